The number of aryl methyl sites for hydroxylation is 1. The summed E-state index contributed by atoms with van der Waals surface area (Å²) < 4.78 is 35.6. The maximum absolute atomic E-state index is 12.7. The van der Waals surface area contributed by atoms with Crippen LogP contribution in [0.1, 0.15) is 15.9 Å². The van der Waals surface area contributed by atoms with Crippen LogP contribution in [0.25, 0.3) is 20.8 Å². The average Bonchev–Trinajstić information content (AvgIpc) is 3.33. The monoisotopic (exact) mass is 557 g/mol. The standard InChI is InChI=1S/C28H22N4O5S2/c1-17-7-16-23-24(25(17)39(35,36)37)38-27(32-23)19-10-14-21(15-11-19)29-26(33)18-8-12-22(13-9-18)31-28(34)30-20-5-3-2-4-6-20/h2-16H,1H3,(H,29,33)(H2,30,31,34)(H,35,36,37)/p-1. The molecule has 1 heterocycles. The van der Waals surface area contributed by atoms with Gasteiger partial charge in [0.05, 0.1) is 15.1 Å². The molecule has 0 radical (unpaired) electrons. The van der Waals surface area contributed by atoms with Gasteiger partial charge in [-0.25, -0.2) is 18.2 Å². The Labute approximate surface area is 228 Å². The molecule has 5 aromatic rings. The molecular weight excluding hydrogens is 536 g/mol. The zero-order chi connectivity index (χ0) is 27.6. The third kappa shape index (κ3) is 5.96. The topological polar surface area (TPSA) is 140 Å². The number of thiazole rings is 1. The number of rotatable bonds is 6. The SMILES string of the molecule is Cc1ccc2nc(-c3ccc(NC(=O)c4ccc(NC(=O)Nc5ccccc5)cc4)cc3)sc2c1S(=O)(=O)[O-]. The molecule has 11 heteroatoms. The van der Waals surface area contributed by atoms with Gasteiger partial charge in [-0.05, 0) is 79.2 Å². The zero-order valence-electron chi connectivity index (χ0n) is 20.5. The summed E-state index contributed by atoms with van der Waals surface area (Å²) in [6.45, 7) is 1.58. The fraction of sp³-hybridized carbons (Fsp3) is 0.0357. The van der Waals surface area contributed by atoms with Crippen molar-refractivity contribution in [3.05, 3.63) is 102 Å². The van der Waals surface area contributed by atoms with E-state index in [0.717, 1.165) is 11.3 Å². The van der Waals surface area contributed by atoms with Gasteiger partial charge in [-0.2, -0.15) is 0 Å². The van der Waals surface area contributed by atoms with Gasteiger partial charge in [-0.1, -0.05) is 24.3 Å². The number of hydrogen-bond acceptors (Lipinski definition) is 7. The summed E-state index contributed by atoms with van der Waals surface area (Å²) in [6.07, 6.45) is 0. The minimum absolute atomic E-state index is 0.245. The van der Waals surface area contributed by atoms with Crippen molar-refractivity contribution in [3.63, 3.8) is 0 Å². The molecular formula is C28H21N4O5S2-. The van der Waals surface area contributed by atoms with Crippen molar-refractivity contribution >= 4 is 60.7 Å². The molecule has 0 spiro atoms. The van der Waals surface area contributed by atoms with Crippen LogP contribution in [0.2, 0.25) is 0 Å². The Bertz CT molecular complexity index is 1780. The van der Waals surface area contributed by atoms with Crippen LogP contribution in [-0.4, -0.2) is 29.9 Å². The minimum Gasteiger partial charge on any atom is -0.744 e. The minimum atomic E-state index is -4.65. The fourth-order valence-electron chi connectivity index (χ4n) is 3.92. The maximum Gasteiger partial charge on any atom is 0.323 e. The number of urea groups is 1. The molecule has 4 aromatic carbocycles. The quantitative estimate of drug-likeness (QED) is 0.216. The highest BCUT2D eigenvalue weighted by Gasteiger charge is 2.16. The summed E-state index contributed by atoms with van der Waals surface area (Å²) in [6, 6.07) is 25.3. The van der Waals surface area contributed by atoms with Crippen molar-refractivity contribution in [2.24, 2.45) is 0 Å². The molecule has 0 atom stereocenters. The van der Waals surface area contributed by atoms with Gasteiger partial charge in [0.1, 0.15) is 15.1 Å². The van der Waals surface area contributed by atoms with E-state index in [9.17, 15) is 22.6 Å². The van der Waals surface area contributed by atoms with Crippen LogP contribution in [0.4, 0.5) is 21.9 Å². The Kier molecular flexibility index (Phi) is 7.11. The second kappa shape index (κ2) is 10.7. The van der Waals surface area contributed by atoms with E-state index in [0.29, 0.717) is 49.0 Å². The van der Waals surface area contributed by atoms with Crippen LogP contribution in [0.15, 0.2) is 95.9 Å². The normalized spacial score (nSPS) is 11.2. The van der Waals surface area contributed by atoms with Crippen molar-refractivity contribution in [3.8, 4) is 10.6 Å². The van der Waals surface area contributed by atoms with Gasteiger partial charge in [0, 0.05) is 28.2 Å². The first-order valence-corrected chi connectivity index (χ1v) is 13.9. The lowest BCUT2D eigenvalue weighted by molar-refractivity contribution is 0.102. The molecule has 0 saturated carbocycles. The number of aromatic nitrogens is 1. The van der Waals surface area contributed by atoms with Crippen molar-refractivity contribution in [2.45, 2.75) is 11.8 Å². The first kappa shape index (κ1) is 26.0. The lowest BCUT2D eigenvalue weighted by Crippen LogP contribution is -2.19. The zero-order valence-corrected chi connectivity index (χ0v) is 22.1. The molecule has 1 aromatic heterocycles. The highest BCUT2D eigenvalue weighted by Crippen LogP contribution is 2.36. The third-order valence-corrected chi connectivity index (χ3v) is 8.08. The van der Waals surface area contributed by atoms with E-state index in [2.05, 4.69) is 20.9 Å². The number of fused-ring (bicyclic) bond motifs is 1. The Hall–Kier alpha value is -4.58. The average molecular weight is 558 g/mol. The smallest absolute Gasteiger partial charge is 0.323 e. The van der Waals surface area contributed by atoms with E-state index in [1.54, 1.807) is 79.7 Å². The maximum atomic E-state index is 12.7. The first-order valence-electron chi connectivity index (χ1n) is 11.7. The Balaban J connectivity index is 1.25. The van der Waals surface area contributed by atoms with Crippen molar-refractivity contribution < 1.29 is 22.6 Å². The van der Waals surface area contributed by atoms with E-state index in [1.165, 1.54) is 0 Å². The second-order valence-corrected chi connectivity index (χ2v) is 10.9. The van der Waals surface area contributed by atoms with Crippen molar-refractivity contribution in [1.82, 2.24) is 4.98 Å². The number of hydrogen-bond donors (Lipinski definition) is 3. The number of nitrogens with one attached hydrogen (secondary N) is 3. The van der Waals surface area contributed by atoms with Gasteiger partial charge < -0.3 is 20.5 Å². The highest BCUT2D eigenvalue weighted by molar-refractivity contribution is 7.86. The summed E-state index contributed by atoms with van der Waals surface area (Å²) in [5.74, 6) is -0.330. The van der Waals surface area contributed by atoms with E-state index in [1.807, 2.05) is 18.2 Å². The molecule has 0 fully saturated rings. The third-order valence-electron chi connectivity index (χ3n) is 5.79. The number of para-hydroxylation sites is 1. The molecule has 0 bridgehead atoms. The summed E-state index contributed by atoms with van der Waals surface area (Å²) in [7, 11) is -4.65. The Morgan fingerprint density at radius 1 is 0.769 bits per heavy atom. The predicted molar refractivity (Wildman–Crippen MR) is 151 cm³/mol. The molecule has 0 aliphatic carbocycles. The fourth-order valence-corrected chi connectivity index (χ4v) is 6.21. The Morgan fingerprint density at radius 3 is 2.00 bits per heavy atom. The number of carbonyl (C=O) groups excluding carboxylic acids is 2. The van der Waals surface area contributed by atoms with Crippen LogP contribution < -0.4 is 16.0 Å². The molecule has 39 heavy (non-hydrogen) atoms. The number of carbonyl (C=O) groups is 2. The molecule has 3 amide bonds. The van der Waals surface area contributed by atoms with Gasteiger partial charge in [0.25, 0.3) is 5.91 Å². The van der Waals surface area contributed by atoms with Gasteiger partial charge in [-0.15, -0.1) is 11.3 Å². The Morgan fingerprint density at radius 2 is 1.36 bits per heavy atom. The lowest BCUT2D eigenvalue weighted by atomic mass is 10.1. The number of nitrogens with zero attached hydrogens (tertiary/aromatic N) is 1. The first-order chi connectivity index (χ1) is 18.7. The van der Waals surface area contributed by atoms with Gasteiger partial charge in [0.15, 0.2) is 0 Å². The molecule has 0 aliphatic rings. The molecule has 0 unspecified atom stereocenters. The van der Waals surface area contributed by atoms with Gasteiger partial charge in [0.2, 0.25) is 0 Å². The molecule has 3 N–H and O–H groups in total. The summed E-state index contributed by atoms with van der Waals surface area (Å²) in [4.78, 5) is 29.1. The van der Waals surface area contributed by atoms with Gasteiger partial charge in [-0.3, -0.25) is 4.79 Å². The largest absolute Gasteiger partial charge is 0.744 e. The van der Waals surface area contributed by atoms with Crippen molar-refractivity contribution in [2.75, 3.05) is 16.0 Å². The van der Waals surface area contributed by atoms with Crippen LogP contribution in [0.3, 0.4) is 0 Å². The van der Waals surface area contributed by atoms with Crippen LogP contribution in [0, 0.1) is 6.92 Å². The summed E-state index contributed by atoms with van der Waals surface area (Å²) in [5, 5.41) is 8.81. The van der Waals surface area contributed by atoms with Crippen LogP contribution in [-0.2, 0) is 10.1 Å². The van der Waals surface area contributed by atoms with Gasteiger partial charge >= 0.3 is 6.03 Å². The molecule has 9 nitrogen and oxygen atoms in total. The molecule has 0 aliphatic heterocycles. The van der Waals surface area contributed by atoms with Crippen LogP contribution >= 0.6 is 11.3 Å². The second-order valence-electron chi connectivity index (χ2n) is 8.59. The van der Waals surface area contributed by atoms with Crippen molar-refractivity contribution in [1.29, 1.82) is 0 Å². The molecule has 0 saturated heterocycles. The predicted octanol–water partition coefficient (Wildman–Crippen LogP) is 6.07. The van der Waals surface area contributed by atoms with Crippen LogP contribution in [0.5, 0.6) is 0 Å². The summed E-state index contributed by atoms with van der Waals surface area (Å²) >= 11 is 1.13. The molecule has 5 rings (SSSR count). The summed E-state index contributed by atoms with van der Waals surface area (Å²) in [5.41, 5.74) is 3.67. The van der Waals surface area contributed by atoms with E-state index < -0.39 is 16.1 Å². The molecule has 196 valence electrons. The number of amides is 3. The lowest BCUT2D eigenvalue weighted by Gasteiger charge is -2.10. The van der Waals surface area contributed by atoms with E-state index in [-0.39, 0.29) is 10.8 Å². The number of anilines is 3. The number of benzene rings is 4. The van der Waals surface area contributed by atoms with E-state index in [4.69, 9.17) is 0 Å². The van der Waals surface area contributed by atoms with E-state index >= 15 is 0 Å². The highest BCUT2D eigenvalue weighted by atomic mass is 32.2.